The van der Waals surface area contributed by atoms with E-state index < -0.39 is 0 Å². The molecule has 0 unspecified atom stereocenters. The van der Waals surface area contributed by atoms with E-state index in [4.69, 9.17) is 0 Å². The van der Waals surface area contributed by atoms with Gasteiger partial charge in [-0.05, 0) is 92.9 Å². The molecule has 4 N–H and O–H groups in total. The summed E-state index contributed by atoms with van der Waals surface area (Å²) in [5, 5.41) is 12.2. The molecule has 0 saturated carbocycles. The molecule has 0 aliphatic rings. The van der Waals surface area contributed by atoms with Crippen molar-refractivity contribution >= 4 is 40.5 Å². The summed E-state index contributed by atoms with van der Waals surface area (Å²) < 4.78 is 0. The molecule has 2 aromatic heterocycles. The van der Waals surface area contributed by atoms with E-state index in [-0.39, 0.29) is 6.03 Å². The first-order chi connectivity index (χ1) is 16.3. The Kier molecular flexibility index (Phi) is 6.68. The number of amides is 2. The molecular formula is C26H27N7O. The van der Waals surface area contributed by atoms with Crippen LogP contribution in [0.25, 0.3) is 0 Å². The monoisotopic (exact) mass is 453 g/mol. The van der Waals surface area contributed by atoms with Crippen molar-refractivity contribution in [3.8, 4) is 0 Å². The predicted molar refractivity (Wildman–Crippen MR) is 137 cm³/mol. The van der Waals surface area contributed by atoms with Gasteiger partial charge in [-0.2, -0.15) is 0 Å². The minimum absolute atomic E-state index is 0.294. The molecule has 0 atom stereocenters. The summed E-state index contributed by atoms with van der Waals surface area (Å²) >= 11 is 0. The lowest BCUT2D eigenvalue weighted by molar-refractivity contribution is 0.262. The van der Waals surface area contributed by atoms with Crippen molar-refractivity contribution in [2.75, 3.05) is 21.3 Å². The molecule has 34 heavy (non-hydrogen) atoms. The average Bonchev–Trinajstić information content (AvgIpc) is 2.74. The van der Waals surface area contributed by atoms with Crippen LogP contribution in [0.5, 0.6) is 0 Å². The number of carbonyl (C=O) groups excluding carboxylic acids is 1. The Morgan fingerprint density at radius 1 is 0.618 bits per heavy atom. The maximum absolute atomic E-state index is 12.4. The summed E-state index contributed by atoms with van der Waals surface area (Å²) in [6.07, 6.45) is 1.75. The fourth-order valence-electron chi connectivity index (χ4n) is 3.56. The maximum Gasteiger partial charge on any atom is 0.323 e. The number of nitrogens with one attached hydrogen (secondary N) is 4. The Labute approximate surface area is 198 Å². The quantitative estimate of drug-likeness (QED) is 0.276. The Morgan fingerprint density at radius 3 is 1.91 bits per heavy atom. The second-order valence-electron chi connectivity index (χ2n) is 8.19. The smallest absolute Gasteiger partial charge is 0.323 e. The Morgan fingerprint density at radius 2 is 1.24 bits per heavy atom. The molecule has 8 heteroatoms. The van der Waals surface area contributed by atoms with Gasteiger partial charge in [-0.25, -0.2) is 19.7 Å². The number of pyridine rings is 1. The van der Waals surface area contributed by atoms with E-state index in [0.717, 1.165) is 33.9 Å². The zero-order valence-corrected chi connectivity index (χ0v) is 19.6. The second kappa shape index (κ2) is 9.99. The van der Waals surface area contributed by atoms with Gasteiger partial charge < -0.3 is 21.3 Å². The largest absolute Gasteiger partial charge is 0.340 e. The number of urea groups is 1. The summed E-state index contributed by atoms with van der Waals surface area (Å²) in [6, 6.07) is 18.7. The van der Waals surface area contributed by atoms with E-state index in [2.05, 4.69) is 42.3 Å². The highest BCUT2D eigenvalue weighted by Gasteiger charge is 2.06. The maximum atomic E-state index is 12.4. The van der Waals surface area contributed by atoms with Crippen molar-refractivity contribution in [2.45, 2.75) is 27.7 Å². The van der Waals surface area contributed by atoms with Gasteiger partial charge in [0, 0.05) is 29.3 Å². The number of anilines is 6. The lowest BCUT2D eigenvalue weighted by atomic mass is 10.1. The first-order valence-corrected chi connectivity index (χ1v) is 10.9. The summed E-state index contributed by atoms with van der Waals surface area (Å²) in [7, 11) is 0. The minimum atomic E-state index is -0.294. The lowest BCUT2D eigenvalue weighted by Crippen LogP contribution is -2.19. The van der Waals surface area contributed by atoms with Crippen LogP contribution in [0.1, 0.15) is 22.5 Å². The fraction of sp³-hybridized carbons (Fsp3) is 0.154. The normalized spacial score (nSPS) is 10.5. The van der Waals surface area contributed by atoms with Gasteiger partial charge in [-0.1, -0.05) is 6.07 Å². The van der Waals surface area contributed by atoms with Crippen LogP contribution in [0.3, 0.4) is 0 Å². The molecule has 2 aromatic carbocycles. The van der Waals surface area contributed by atoms with Gasteiger partial charge in [-0.15, -0.1) is 0 Å². The van der Waals surface area contributed by atoms with Gasteiger partial charge in [0.15, 0.2) is 0 Å². The molecule has 0 aliphatic heterocycles. The molecular weight excluding hydrogens is 426 g/mol. The number of aryl methyl sites for hydroxylation is 4. The third-order valence-corrected chi connectivity index (χ3v) is 4.90. The van der Waals surface area contributed by atoms with Crippen LogP contribution >= 0.6 is 0 Å². The van der Waals surface area contributed by atoms with E-state index >= 15 is 0 Å². The third-order valence-electron chi connectivity index (χ3n) is 4.90. The predicted octanol–water partition coefficient (Wildman–Crippen LogP) is 6.24. The molecule has 0 radical (unpaired) electrons. The zero-order chi connectivity index (χ0) is 24.1. The van der Waals surface area contributed by atoms with Crippen molar-refractivity contribution in [2.24, 2.45) is 0 Å². The average molecular weight is 454 g/mol. The number of nitrogens with zero attached hydrogens (tertiary/aromatic N) is 3. The van der Waals surface area contributed by atoms with Crippen LogP contribution in [0.15, 0.2) is 66.9 Å². The molecule has 8 nitrogen and oxygen atoms in total. The highest BCUT2D eigenvalue weighted by atomic mass is 16.2. The summed E-state index contributed by atoms with van der Waals surface area (Å²) in [5.74, 6) is 2.64. The van der Waals surface area contributed by atoms with E-state index in [0.29, 0.717) is 23.1 Å². The van der Waals surface area contributed by atoms with Crippen LogP contribution in [0.2, 0.25) is 0 Å². The van der Waals surface area contributed by atoms with Crippen LogP contribution in [-0.2, 0) is 0 Å². The Bertz CT molecular complexity index is 1300. The van der Waals surface area contributed by atoms with Gasteiger partial charge in [0.05, 0.1) is 0 Å². The van der Waals surface area contributed by atoms with E-state index in [9.17, 15) is 4.79 Å². The van der Waals surface area contributed by atoms with Crippen LogP contribution in [0.4, 0.5) is 39.3 Å². The van der Waals surface area contributed by atoms with Crippen molar-refractivity contribution in [1.82, 2.24) is 15.0 Å². The Hall–Kier alpha value is -4.46. The number of hydrogen-bond donors (Lipinski definition) is 4. The van der Waals surface area contributed by atoms with Crippen LogP contribution < -0.4 is 21.3 Å². The molecule has 0 saturated heterocycles. The van der Waals surface area contributed by atoms with Gasteiger partial charge >= 0.3 is 6.03 Å². The number of rotatable bonds is 6. The molecule has 172 valence electrons. The van der Waals surface area contributed by atoms with Gasteiger partial charge in [0.25, 0.3) is 0 Å². The van der Waals surface area contributed by atoms with Gasteiger partial charge in [0.2, 0.25) is 0 Å². The van der Waals surface area contributed by atoms with Crippen LogP contribution in [0, 0.1) is 27.7 Å². The Balaban J connectivity index is 1.39. The highest BCUT2D eigenvalue weighted by Crippen LogP contribution is 2.22. The SMILES string of the molecule is Cc1cc(C)cc(NC(=O)Nc2ccc(Nc3cc(Nc4cc(C)ccn4)nc(C)n3)cc2)c1. The van der Waals surface area contributed by atoms with Crippen molar-refractivity contribution in [1.29, 1.82) is 0 Å². The summed E-state index contributed by atoms with van der Waals surface area (Å²) in [5.41, 5.74) is 5.58. The number of carbonyl (C=O) groups is 1. The number of hydrogen-bond acceptors (Lipinski definition) is 6. The molecule has 0 aliphatic carbocycles. The first kappa shape index (κ1) is 22.7. The first-order valence-electron chi connectivity index (χ1n) is 10.9. The van der Waals surface area contributed by atoms with Crippen molar-refractivity contribution in [3.63, 3.8) is 0 Å². The van der Waals surface area contributed by atoms with E-state index in [1.807, 2.05) is 82.3 Å². The minimum Gasteiger partial charge on any atom is -0.340 e. The topological polar surface area (TPSA) is 104 Å². The van der Waals surface area contributed by atoms with Gasteiger partial charge in [-0.3, -0.25) is 0 Å². The van der Waals surface area contributed by atoms with E-state index in [1.165, 1.54) is 0 Å². The molecule has 4 rings (SSSR count). The number of benzene rings is 2. The standard InChI is InChI=1S/C26H27N7O/c1-16-9-10-27-23(14-16)33-25-15-24(28-19(4)29-25)30-20-5-7-21(8-6-20)31-26(34)32-22-12-17(2)11-18(3)13-22/h5-15H,1-4H3,(H2,31,32,34)(H2,27,28,29,30,33). The summed E-state index contributed by atoms with van der Waals surface area (Å²) in [4.78, 5) is 25.6. The molecule has 0 spiro atoms. The lowest BCUT2D eigenvalue weighted by Gasteiger charge is -2.12. The van der Waals surface area contributed by atoms with Crippen molar-refractivity contribution < 1.29 is 4.79 Å². The summed E-state index contributed by atoms with van der Waals surface area (Å²) in [6.45, 7) is 7.84. The number of aromatic nitrogens is 3. The molecule has 2 amide bonds. The van der Waals surface area contributed by atoms with E-state index in [1.54, 1.807) is 6.20 Å². The third kappa shape index (κ3) is 6.29. The van der Waals surface area contributed by atoms with Gasteiger partial charge in [0.1, 0.15) is 23.3 Å². The highest BCUT2D eigenvalue weighted by molar-refractivity contribution is 5.99. The molecule has 4 aromatic rings. The second-order valence-corrected chi connectivity index (χ2v) is 8.19. The van der Waals surface area contributed by atoms with Crippen LogP contribution in [-0.4, -0.2) is 21.0 Å². The zero-order valence-electron chi connectivity index (χ0n) is 19.6. The van der Waals surface area contributed by atoms with Crippen molar-refractivity contribution in [3.05, 3.63) is 89.4 Å². The molecule has 2 heterocycles. The molecule has 0 fully saturated rings. The molecule has 0 bridgehead atoms. The fourth-order valence-corrected chi connectivity index (χ4v) is 3.56.